The summed E-state index contributed by atoms with van der Waals surface area (Å²) in [6.45, 7) is 2.33. The predicted molar refractivity (Wildman–Crippen MR) is 97.6 cm³/mol. The SMILES string of the molecule is COc1ccc(F)cc1-c1csc(NC(=O)CCNC(=O)[C@H]2C[C@@H]2C)n1. The lowest BCUT2D eigenvalue weighted by molar-refractivity contribution is -0.122. The molecule has 3 rings (SSSR count). The second-order valence-electron chi connectivity index (χ2n) is 6.29. The first-order valence-electron chi connectivity index (χ1n) is 8.35. The molecule has 0 radical (unpaired) electrons. The molecule has 1 fully saturated rings. The Hall–Kier alpha value is -2.48. The highest BCUT2D eigenvalue weighted by Gasteiger charge is 2.38. The number of carbonyl (C=O) groups is 2. The van der Waals surface area contributed by atoms with Crippen molar-refractivity contribution in [2.45, 2.75) is 19.8 Å². The zero-order valence-corrected chi connectivity index (χ0v) is 15.4. The van der Waals surface area contributed by atoms with Gasteiger partial charge in [0.15, 0.2) is 5.13 Å². The van der Waals surface area contributed by atoms with Crippen LogP contribution in [-0.4, -0.2) is 30.5 Å². The molecule has 1 aliphatic carbocycles. The van der Waals surface area contributed by atoms with E-state index < -0.39 is 0 Å². The Morgan fingerprint density at radius 1 is 1.42 bits per heavy atom. The van der Waals surface area contributed by atoms with E-state index in [0.717, 1.165) is 6.42 Å². The lowest BCUT2D eigenvalue weighted by Crippen LogP contribution is -2.29. The molecule has 2 atom stereocenters. The Bertz CT molecular complexity index is 824. The molecular weight excluding hydrogens is 357 g/mol. The summed E-state index contributed by atoms with van der Waals surface area (Å²) in [7, 11) is 1.50. The van der Waals surface area contributed by atoms with Gasteiger partial charge < -0.3 is 15.4 Å². The van der Waals surface area contributed by atoms with E-state index in [1.54, 1.807) is 5.38 Å². The number of carbonyl (C=O) groups excluding carboxylic acids is 2. The van der Waals surface area contributed by atoms with E-state index in [2.05, 4.69) is 15.6 Å². The summed E-state index contributed by atoms with van der Waals surface area (Å²) >= 11 is 1.24. The number of nitrogens with one attached hydrogen (secondary N) is 2. The van der Waals surface area contributed by atoms with Gasteiger partial charge in [0.25, 0.3) is 0 Å². The molecule has 2 aromatic rings. The molecule has 2 N–H and O–H groups in total. The molecule has 0 bridgehead atoms. The van der Waals surface area contributed by atoms with Crippen LogP contribution in [-0.2, 0) is 9.59 Å². The molecule has 26 heavy (non-hydrogen) atoms. The van der Waals surface area contributed by atoms with Crippen LogP contribution < -0.4 is 15.4 Å². The molecule has 1 aliphatic rings. The Kier molecular flexibility index (Phi) is 5.51. The minimum atomic E-state index is -0.389. The van der Waals surface area contributed by atoms with Crippen molar-refractivity contribution >= 4 is 28.3 Å². The first-order valence-corrected chi connectivity index (χ1v) is 9.23. The molecule has 138 valence electrons. The molecule has 0 aliphatic heterocycles. The van der Waals surface area contributed by atoms with E-state index in [9.17, 15) is 14.0 Å². The zero-order valence-electron chi connectivity index (χ0n) is 14.5. The third kappa shape index (κ3) is 4.37. The summed E-state index contributed by atoms with van der Waals surface area (Å²) < 4.78 is 18.7. The van der Waals surface area contributed by atoms with Crippen molar-refractivity contribution in [3.63, 3.8) is 0 Å². The van der Waals surface area contributed by atoms with Crippen LogP contribution in [0.3, 0.4) is 0 Å². The maximum absolute atomic E-state index is 13.5. The molecule has 0 spiro atoms. The van der Waals surface area contributed by atoms with E-state index in [1.807, 2.05) is 6.92 Å². The topological polar surface area (TPSA) is 80.3 Å². The van der Waals surface area contributed by atoms with Crippen LogP contribution in [0.1, 0.15) is 19.8 Å². The summed E-state index contributed by atoms with van der Waals surface area (Å²) in [6.07, 6.45) is 1.09. The standard InChI is InChI=1S/C18H20FN3O3S/c1-10-7-12(10)17(24)20-6-5-16(23)22-18-21-14(9-26-18)13-8-11(19)3-4-15(13)25-2/h3-4,8-10,12H,5-7H2,1-2H3,(H,20,24)(H,21,22,23)/t10-,12-/m0/s1. The number of thiazole rings is 1. The van der Waals surface area contributed by atoms with Crippen molar-refractivity contribution in [2.75, 3.05) is 19.0 Å². The van der Waals surface area contributed by atoms with Gasteiger partial charge in [-0.2, -0.15) is 0 Å². The third-order valence-corrected chi connectivity index (χ3v) is 5.04. The van der Waals surface area contributed by atoms with Crippen molar-refractivity contribution in [1.29, 1.82) is 0 Å². The van der Waals surface area contributed by atoms with Crippen molar-refractivity contribution in [3.8, 4) is 17.0 Å². The number of nitrogens with zero attached hydrogens (tertiary/aromatic N) is 1. The molecule has 6 nitrogen and oxygen atoms in total. The van der Waals surface area contributed by atoms with Crippen molar-refractivity contribution in [1.82, 2.24) is 10.3 Å². The number of anilines is 1. The van der Waals surface area contributed by atoms with Gasteiger partial charge in [0.1, 0.15) is 11.6 Å². The highest BCUT2D eigenvalue weighted by atomic mass is 32.1. The normalized spacial score (nSPS) is 18.3. The van der Waals surface area contributed by atoms with Gasteiger partial charge in [0, 0.05) is 29.8 Å². The molecule has 1 aromatic heterocycles. The summed E-state index contributed by atoms with van der Waals surface area (Å²) in [4.78, 5) is 28.0. The molecule has 1 saturated carbocycles. The third-order valence-electron chi connectivity index (χ3n) is 4.29. The molecule has 1 aromatic carbocycles. The van der Waals surface area contributed by atoms with E-state index in [4.69, 9.17) is 4.74 Å². The van der Waals surface area contributed by atoms with Gasteiger partial charge in [-0.3, -0.25) is 9.59 Å². The van der Waals surface area contributed by atoms with Crippen LogP contribution in [0, 0.1) is 17.7 Å². The summed E-state index contributed by atoms with van der Waals surface area (Å²) in [5, 5.41) is 7.60. The summed E-state index contributed by atoms with van der Waals surface area (Å²) in [5.74, 6) is 0.436. The Balaban J connectivity index is 1.54. The van der Waals surface area contributed by atoms with Crippen LogP contribution in [0.5, 0.6) is 5.75 Å². The van der Waals surface area contributed by atoms with E-state index in [1.165, 1.54) is 36.6 Å². The second kappa shape index (κ2) is 7.82. The fourth-order valence-corrected chi connectivity index (χ4v) is 3.36. The molecule has 0 saturated heterocycles. The van der Waals surface area contributed by atoms with Crippen molar-refractivity contribution < 1.29 is 18.7 Å². The molecule has 8 heteroatoms. The van der Waals surface area contributed by atoms with Gasteiger partial charge in [-0.1, -0.05) is 6.92 Å². The Morgan fingerprint density at radius 2 is 2.19 bits per heavy atom. The Morgan fingerprint density at radius 3 is 2.88 bits per heavy atom. The fraction of sp³-hybridized carbons (Fsp3) is 0.389. The minimum Gasteiger partial charge on any atom is -0.496 e. The highest BCUT2D eigenvalue weighted by Crippen LogP contribution is 2.37. The van der Waals surface area contributed by atoms with Gasteiger partial charge in [0.05, 0.1) is 12.8 Å². The number of ether oxygens (including phenoxy) is 1. The van der Waals surface area contributed by atoms with E-state index >= 15 is 0 Å². The monoisotopic (exact) mass is 377 g/mol. The number of benzene rings is 1. The molecule has 1 heterocycles. The lowest BCUT2D eigenvalue weighted by Gasteiger charge is -2.06. The van der Waals surface area contributed by atoms with E-state index in [-0.39, 0.29) is 30.0 Å². The second-order valence-corrected chi connectivity index (χ2v) is 7.15. The first-order chi connectivity index (χ1) is 12.5. The average molecular weight is 377 g/mol. The van der Waals surface area contributed by atoms with Crippen molar-refractivity contribution in [3.05, 3.63) is 29.4 Å². The number of methoxy groups -OCH3 is 1. The van der Waals surface area contributed by atoms with E-state index in [0.29, 0.717) is 34.6 Å². The number of amides is 2. The van der Waals surface area contributed by atoms with Gasteiger partial charge in [-0.25, -0.2) is 9.37 Å². The molecule has 2 amide bonds. The number of aromatic nitrogens is 1. The van der Waals surface area contributed by atoms with Gasteiger partial charge in [-0.15, -0.1) is 11.3 Å². The van der Waals surface area contributed by atoms with Gasteiger partial charge in [-0.05, 0) is 30.5 Å². The Labute approximate surface area is 154 Å². The fourth-order valence-electron chi connectivity index (χ4n) is 2.63. The van der Waals surface area contributed by atoms with Crippen LogP contribution >= 0.6 is 11.3 Å². The minimum absolute atomic E-state index is 0.0139. The smallest absolute Gasteiger partial charge is 0.227 e. The van der Waals surface area contributed by atoms with Crippen LogP contribution in [0.25, 0.3) is 11.3 Å². The van der Waals surface area contributed by atoms with Crippen LogP contribution in [0.15, 0.2) is 23.6 Å². The first kappa shape index (κ1) is 18.3. The number of hydrogen-bond acceptors (Lipinski definition) is 5. The number of rotatable bonds is 7. The maximum Gasteiger partial charge on any atom is 0.227 e. The number of hydrogen-bond donors (Lipinski definition) is 2. The van der Waals surface area contributed by atoms with Crippen LogP contribution in [0.2, 0.25) is 0 Å². The summed E-state index contributed by atoms with van der Waals surface area (Å²) in [5.41, 5.74) is 1.05. The maximum atomic E-state index is 13.5. The highest BCUT2D eigenvalue weighted by molar-refractivity contribution is 7.14. The molecular formula is C18H20FN3O3S. The number of halogens is 1. The van der Waals surface area contributed by atoms with Gasteiger partial charge >= 0.3 is 0 Å². The summed E-state index contributed by atoms with van der Waals surface area (Å²) in [6, 6.07) is 4.19. The van der Waals surface area contributed by atoms with Gasteiger partial charge in [0.2, 0.25) is 11.8 Å². The van der Waals surface area contributed by atoms with Crippen molar-refractivity contribution in [2.24, 2.45) is 11.8 Å². The largest absolute Gasteiger partial charge is 0.496 e. The van der Waals surface area contributed by atoms with Crippen LogP contribution in [0.4, 0.5) is 9.52 Å². The molecule has 0 unspecified atom stereocenters. The zero-order chi connectivity index (χ0) is 18.7. The predicted octanol–water partition coefficient (Wildman–Crippen LogP) is 3.06. The lowest BCUT2D eigenvalue weighted by atomic mass is 10.1. The average Bonchev–Trinajstić information content (AvgIpc) is 3.17. The quantitative estimate of drug-likeness (QED) is 0.777.